The quantitative estimate of drug-likeness (QED) is 0.592. The maximum Gasteiger partial charge on any atom is 0.338 e. The van der Waals surface area contributed by atoms with Gasteiger partial charge < -0.3 is 5.32 Å². The lowest BCUT2D eigenvalue weighted by Crippen LogP contribution is -2.53. The average Bonchev–Trinajstić information content (AvgIpc) is 2.68. The summed E-state index contributed by atoms with van der Waals surface area (Å²) < 4.78 is 27.2. The molecular weight excluding hydrogens is 423 g/mol. The largest absolute Gasteiger partial charge is 0.338 e. The lowest BCUT2D eigenvalue weighted by molar-refractivity contribution is 0.0530. The van der Waals surface area contributed by atoms with Crippen LogP contribution in [0.25, 0.3) is 0 Å². The fourth-order valence-corrected chi connectivity index (χ4v) is 3.84. The van der Waals surface area contributed by atoms with Crippen LogP contribution >= 0.6 is 23.2 Å². The summed E-state index contributed by atoms with van der Waals surface area (Å²) in [6.07, 6.45) is 4.27. The molecule has 0 heterocycles. The van der Waals surface area contributed by atoms with Crippen LogP contribution in [0.4, 0.5) is 19.3 Å². The number of urea groups is 1. The number of rotatable bonds is 3. The van der Waals surface area contributed by atoms with E-state index in [0.717, 1.165) is 37.5 Å². The third kappa shape index (κ3) is 5.58. The standard InChI is InChI=1S/C20H19Cl2F2N3O2/c21-13-8-12(9-14(22)10-13)19(28)27(16-4-2-1-3-5-16)26-20(29)25-18-11-15(23)6-7-17(18)24/h6-11,16H,1-5H2,(H2,25,26,29). The number of benzene rings is 2. The molecule has 0 radical (unpaired) electrons. The molecule has 0 aromatic heterocycles. The molecule has 0 unspecified atom stereocenters. The van der Waals surface area contributed by atoms with Crippen molar-refractivity contribution >= 4 is 40.8 Å². The Morgan fingerprint density at radius 3 is 2.28 bits per heavy atom. The number of amides is 3. The van der Waals surface area contributed by atoms with E-state index < -0.39 is 23.6 Å². The van der Waals surface area contributed by atoms with E-state index in [4.69, 9.17) is 23.2 Å². The molecule has 1 fully saturated rings. The summed E-state index contributed by atoms with van der Waals surface area (Å²) in [5, 5.41) is 4.03. The van der Waals surface area contributed by atoms with E-state index >= 15 is 0 Å². The zero-order chi connectivity index (χ0) is 21.0. The van der Waals surface area contributed by atoms with Gasteiger partial charge in [-0.05, 0) is 43.2 Å². The Morgan fingerprint density at radius 2 is 1.62 bits per heavy atom. The molecule has 0 atom stereocenters. The van der Waals surface area contributed by atoms with Crippen LogP contribution in [0, 0.1) is 11.6 Å². The Kier molecular flexibility index (Phi) is 6.92. The van der Waals surface area contributed by atoms with Gasteiger partial charge in [-0.1, -0.05) is 42.5 Å². The molecule has 1 aliphatic carbocycles. The first-order valence-corrected chi connectivity index (χ1v) is 9.91. The summed E-state index contributed by atoms with van der Waals surface area (Å²) in [4.78, 5) is 25.5. The van der Waals surface area contributed by atoms with Crippen LogP contribution in [0.3, 0.4) is 0 Å². The molecule has 2 aromatic carbocycles. The van der Waals surface area contributed by atoms with E-state index in [1.165, 1.54) is 23.2 Å². The van der Waals surface area contributed by atoms with E-state index in [0.29, 0.717) is 12.8 Å². The van der Waals surface area contributed by atoms with Gasteiger partial charge in [-0.2, -0.15) is 0 Å². The van der Waals surface area contributed by atoms with Crippen molar-refractivity contribution in [1.82, 2.24) is 10.4 Å². The van der Waals surface area contributed by atoms with Crippen molar-refractivity contribution < 1.29 is 18.4 Å². The molecule has 1 aliphatic rings. The molecule has 29 heavy (non-hydrogen) atoms. The van der Waals surface area contributed by atoms with Crippen molar-refractivity contribution in [3.05, 3.63) is 63.6 Å². The molecule has 0 spiro atoms. The minimum absolute atomic E-state index is 0.213. The van der Waals surface area contributed by atoms with E-state index in [1.807, 2.05) is 0 Å². The van der Waals surface area contributed by atoms with Crippen molar-refractivity contribution in [3.63, 3.8) is 0 Å². The lowest BCUT2D eigenvalue weighted by Gasteiger charge is -2.34. The summed E-state index contributed by atoms with van der Waals surface area (Å²) in [7, 11) is 0. The number of anilines is 1. The van der Waals surface area contributed by atoms with E-state index in [-0.39, 0.29) is 27.3 Å². The highest BCUT2D eigenvalue weighted by atomic mass is 35.5. The summed E-state index contributed by atoms with van der Waals surface area (Å²) in [6.45, 7) is 0. The minimum atomic E-state index is -0.860. The van der Waals surface area contributed by atoms with Crippen molar-refractivity contribution in [2.24, 2.45) is 0 Å². The number of hydrogen-bond donors (Lipinski definition) is 2. The van der Waals surface area contributed by atoms with Crippen LogP contribution in [-0.4, -0.2) is 23.0 Å². The zero-order valence-corrected chi connectivity index (χ0v) is 16.9. The first-order chi connectivity index (χ1) is 13.8. The van der Waals surface area contributed by atoms with Crippen LogP contribution in [0.15, 0.2) is 36.4 Å². The number of nitrogens with one attached hydrogen (secondary N) is 2. The molecule has 3 amide bonds. The Bertz CT molecular complexity index is 900. The van der Waals surface area contributed by atoms with Gasteiger partial charge in [0.2, 0.25) is 0 Å². The maximum absolute atomic E-state index is 13.8. The van der Waals surface area contributed by atoms with Gasteiger partial charge in [-0.3, -0.25) is 4.79 Å². The van der Waals surface area contributed by atoms with E-state index in [1.54, 1.807) is 0 Å². The van der Waals surface area contributed by atoms with Crippen LogP contribution in [0.1, 0.15) is 42.5 Å². The summed E-state index contributed by atoms with van der Waals surface area (Å²) >= 11 is 12.0. The number of hydrogen-bond acceptors (Lipinski definition) is 2. The zero-order valence-electron chi connectivity index (χ0n) is 15.4. The molecule has 2 aromatic rings. The molecule has 0 bridgehead atoms. The second-order valence-corrected chi connectivity index (χ2v) is 7.69. The number of nitrogens with zero attached hydrogens (tertiary/aromatic N) is 1. The SMILES string of the molecule is O=C(Nc1cc(F)ccc1F)NN(C(=O)c1cc(Cl)cc(Cl)c1)C1CCCCC1. The van der Waals surface area contributed by atoms with Crippen molar-refractivity contribution in [2.75, 3.05) is 5.32 Å². The molecule has 154 valence electrons. The highest BCUT2D eigenvalue weighted by molar-refractivity contribution is 6.35. The first kappa shape index (κ1) is 21.3. The van der Waals surface area contributed by atoms with Crippen molar-refractivity contribution in [2.45, 2.75) is 38.1 Å². The van der Waals surface area contributed by atoms with E-state index in [9.17, 15) is 18.4 Å². The van der Waals surface area contributed by atoms with Gasteiger partial charge >= 0.3 is 6.03 Å². The van der Waals surface area contributed by atoms with Gasteiger partial charge in [0.1, 0.15) is 11.6 Å². The molecule has 0 saturated heterocycles. The van der Waals surface area contributed by atoms with Crippen molar-refractivity contribution in [1.29, 1.82) is 0 Å². The maximum atomic E-state index is 13.8. The highest BCUT2D eigenvalue weighted by Gasteiger charge is 2.28. The van der Waals surface area contributed by atoms with Crippen molar-refractivity contribution in [3.8, 4) is 0 Å². The number of hydrazine groups is 1. The summed E-state index contributed by atoms with van der Waals surface area (Å²) in [6, 6.07) is 6.02. The normalized spacial score (nSPS) is 14.3. The lowest BCUT2D eigenvalue weighted by atomic mass is 9.94. The van der Waals surface area contributed by atoms with Crippen LogP contribution in [0.2, 0.25) is 10.0 Å². The highest BCUT2D eigenvalue weighted by Crippen LogP contribution is 2.25. The fraction of sp³-hybridized carbons (Fsp3) is 0.300. The molecule has 0 aliphatic heterocycles. The Hall–Kier alpha value is -2.38. The van der Waals surface area contributed by atoms with Gasteiger partial charge in [0.15, 0.2) is 0 Å². The predicted molar refractivity (Wildman–Crippen MR) is 108 cm³/mol. The summed E-state index contributed by atoms with van der Waals surface area (Å²) in [5.74, 6) is -1.98. The number of carbonyl (C=O) groups is 2. The monoisotopic (exact) mass is 441 g/mol. The Morgan fingerprint density at radius 1 is 0.966 bits per heavy atom. The second-order valence-electron chi connectivity index (χ2n) is 6.82. The molecular formula is C20H19Cl2F2N3O2. The second kappa shape index (κ2) is 9.41. The summed E-state index contributed by atoms with van der Waals surface area (Å²) in [5.41, 5.74) is 2.36. The molecule has 9 heteroatoms. The Labute approximate surface area is 176 Å². The molecule has 1 saturated carbocycles. The van der Waals surface area contributed by atoms with Gasteiger partial charge in [0, 0.05) is 21.7 Å². The smallest absolute Gasteiger partial charge is 0.304 e. The van der Waals surface area contributed by atoms with Crippen LogP contribution in [0.5, 0.6) is 0 Å². The predicted octanol–water partition coefficient (Wildman–Crippen LogP) is 5.78. The third-order valence-electron chi connectivity index (χ3n) is 4.67. The molecule has 3 rings (SSSR count). The average molecular weight is 442 g/mol. The minimum Gasteiger partial charge on any atom is -0.304 e. The molecule has 2 N–H and O–H groups in total. The van der Waals surface area contributed by atoms with Crippen LogP contribution in [-0.2, 0) is 0 Å². The van der Waals surface area contributed by atoms with Gasteiger partial charge in [0.05, 0.1) is 11.7 Å². The number of carbonyl (C=O) groups excluding carboxylic acids is 2. The molecule has 5 nitrogen and oxygen atoms in total. The first-order valence-electron chi connectivity index (χ1n) is 9.16. The van der Waals surface area contributed by atoms with Gasteiger partial charge in [0.25, 0.3) is 5.91 Å². The van der Waals surface area contributed by atoms with E-state index in [2.05, 4.69) is 10.7 Å². The fourth-order valence-electron chi connectivity index (χ4n) is 3.32. The number of halogens is 4. The topological polar surface area (TPSA) is 61.4 Å². The van der Waals surface area contributed by atoms with Gasteiger partial charge in [-0.25, -0.2) is 24.0 Å². The van der Waals surface area contributed by atoms with Gasteiger partial charge in [-0.15, -0.1) is 0 Å². The van der Waals surface area contributed by atoms with Crippen LogP contribution < -0.4 is 10.7 Å². The third-order valence-corrected chi connectivity index (χ3v) is 5.10. The Balaban J connectivity index is 1.82.